The van der Waals surface area contributed by atoms with Gasteiger partial charge in [0.2, 0.25) is 6.43 Å². The summed E-state index contributed by atoms with van der Waals surface area (Å²) in [5, 5.41) is 10.7. The van der Waals surface area contributed by atoms with Crippen LogP contribution in [0.1, 0.15) is 20.3 Å². The Balaban J connectivity index is 4.13. The van der Waals surface area contributed by atoms with E-state index in [1.165, 1.54) is 13.8 Å². The molecule has 0 aliphatic heterocycles. The third kappa shape index (κ3) is 3.15. The molecule has 0 fully saturated rings. The summed E-state index contributed by atoms with van der Waals surface area (Å²) in [5.41, 5.74) is 3.84. The second-order valence-electron chi connectivity index (χ2n) is 3.06. The van der Waals surface area contributed by atoms with Crippen LogP contribution in [0.5, 0.6) is 0 Å². The summed E-state index contributed by atoms with van der Waals surface area (Å²) in [5.74, 6) is -0.171. The predicted molar refractivity (Wildman–Crippen MR) is 37.8 cm³/mol. The number of nitrogens with two attached hydrogens (primary N) is 1. The van der Waals surface area contributed by atoms with Gasteiger partial charge in [0.05, 0.1) is 0 Å². The van der Waals surface area contributed by atoms with Gasteiger partial charge in [0.1, 0.15) is 5.84 Å². The maximum absolute atomic E-state index is 12.1. The number of oxime groups is 1. The molecule has 0 spiro atoms. The lowest BCUT2D eigenvalue weighted by atomic mass is 9.89. The van der Waals surface area contributed by atoms with Crippen molar-refractivity contribution in [2.45, 2.75) is 26.7 Å². The first-order chi connectivity index (χ1) is 4.90. The van der Waals surface area contributed by atoms with Gasteiger partial charge >= 0.3 is 0 Å². The molecule has 0 heterocycles. The van der Waals surface area contributed by atoms with Crippen molar-refractivity contribution >= 4 is 5.84 Å². The second kappa shape index (κ2) is 3.50. The Morgan fingerprint density at radius 3 is 2.36 bits per heavy atom. The highest BCUT2D eigenvalue weighted by Crippen LogP contribution is 2.28. The highest BCUT2D eigenvalue weighted by molar-refractivity contribution is 5.80. The molecule has 3 N–H and O–H groups in total. The number of alkyl halides is 2. The number of hydrogen-bond acceptors (Lipinski definition) is 2. The molecule has 0 aromatic carbocycles. The van der Waals surface area contributed by atoms with Crippen LogP contribution in [0.25, 0.3) is 0 Å². The van der Waals surface area contributed by atoms with Crippen LogP contribution < -0.4 is 5.73 Å². The smallest absolute Gasteiger partial charge is 0.244 e. The zero-order valence-corrected chi connectivity index (χ0v) is 6.51. The van der Waals surface area contributed by atoms with Crippen LogP contribution in [0.4, 0.5) is 8.78 Å². The van der Waals surface area contributed by atoms with Crippen molar-refractivity contribution in [3.63, 3.8) is 0 Å². The van der Waals surface area contributed by atoms with Crippen molar-refractivity contribution < 1.29 is 14.0 Å². The molecular weight excluding hydrogens is 154 g/mol. The molecule has 0 saturated heterocycles. The van der Waals surface area contributed by atoms with Crippen molar-refractivity contribution in [3.05, 3.63) is 0 Å². The lowest BCUT2D eigenvalue weighted by molar-refractivity contribution is 0.0240. The molecule has 0 unspecified atom stereocenters. The topological polar surface area (TPSA) is 58.6 Å². The lowest BCUT2D eigenvalue weighted by Crippen LogP contribution is -2.28. The van der Waals surface area contributed by atoms with Gasteiger partial charge in [-0.1, -0.05) is 19.0 Å². The van der Waals surface area contributed by atoms with E-state index in [1.54, 1.807) is 0 Å². The molecule has 0 atom stereocenters. The van der Waals surface area contributed by atoms with Crippen LogP contribution in [0, 0.1) is 5.41 Å². The average Bonchev–Trinajstić information content (AvgIpc) is 1.86. The summed E-state index contributed by atoms with van der Waals surface area (Å²) < 4.78 is 24.2. The van der Waals surface area contributed by atoms with Crippen molar-refractivity contribution in [3.8, 4) is 0 Å². The van der Waals surface area contributed by atoms with Gasteiger partial charge in [-0.3, -0.25) is 0 Å². The van der Waals surface area contributed by atoms with E-state index in [4.69, 9.17) is 10.9 Å². The Morgan fingerprint density at radius 2 is 2.09 bits per heavy atom. The Morgan fingerprint density at radius 1 is 1.64 bits per heavy atom. The largest absolute Gasteiger partial charge is 0.409 e. The van der Waals surface area contributed by atoms with Gasteiger partial charge < -0.3 is 10.9 Å². The van der Waals surface area contributed by atoms with Crippen LogP contribution in [0.3, 0.4) is 0 Å². The molecule has 0 aliphatic rings. The minimum Gasteiger partial charge on any atom is -0.409 e. The standard InChI is InChI=1S/C6H12F2N2O/c1-6(2,5(7)8)3-4(9)10-11/h5,11H,3H2,1-2H3,(H2,9,10). The predicted octanol–water partition coefficient (Wildman–Crippen LogP) is 1.41. The quantitative estimate of drug-likeness (QED) is 0.288. The molecule has 0 aromatic rings. The molecular formula is C6H12F2N2O. The van der Waals surface area contributed by atoms with Crippen molar-refractivity contribution in [1.82, 2.24) is 0 Å². The number of halogens is 2. The fourth-order valence-corrected chi connectivity index (χ4v) is 0.579. The van der Waals surface area contributed by atoms with E-state index in [2.05, 4.69) is 5.16 Å². The third-order valence-electron chi connectivity index (χ3n) is 1.36. The molecule has 0 rings (SSSR count). The highest BCUT2D eigenvalue weighted by atomic mass is 19.3. The summed E-state index contributed by atoms with van der Waals surface area (Å²) in [6, 6.07) is 0. The number of amidine groups is 1. The monoisotopic (exact) mass is 166 g/mol. The molecule has 3 nitrogen and oxygen atoms in total. The molecule has 0 bridgehead atoms. The summed E-state index contributed by atoms with van der Waals surface area (Å²) in [6.45, 7) is 2.71. The van der Waals surface area contributed by atoms with Crippen LogP contribution in [0.15, 0.2) is 5.16 Å². The van der Waals surface area contributed by atoms with E-state index in [0.717, 1.165) is 0 Å². The molecule has 0 saturated carbocycles. The first-order valence-electron chi connectivity index (χ1n) is 3.14. The van der Waals surface area contributed by atoms with Crippen molar-refractivity contribution in [1.29, 1.82) is 0 Å². The van der Waals surface area contributed by atoms with E-state index < -0.39 is 11.8 Å². The molecule has 0 amide bonds. The maximum Gasteiger partial charge on any atom is 0.244 e. The normalized spacial score (nSPS) is 14.1. The number of rotatable bonds is 3. The van der Waals surface area contributed by atoms with E-state index in [9.17, 15) is 8.78 Å². The minimum atomic E-state index is -2.47. The number of hydrogen-bond donors (Lipinski definition) is 2. The second-order valence-corrected chi connectivity index (χ2v) is 3.06. The molecule has 5 heteroatoms. The summed E-state index contributed by atoms with van der Waals surface area (Å²) >= 11 is 0. The van der Waals surface area contributed by atoms with Gasteiger partial charge in [-0.2, -0.15) is 0 Å². The van der Waals surface area contributed by atoms with Crippen LogP contribution in [-0.2, 0) is 0 Å². The minimum absolute atomic E-state index is 0.110. The molecule has 0 radical (unpaired) electrons. The van der Waals surface area contributed by atoms with Gasteiger partial charge in [0, 0.05) is 11.8 Å². The Bertz CT molecular complexity index is 157. The Labute approximate surface area is 63.9 Å². The van der Waals surface area contributed by atoms with Gasteiger partial charge in [0.25, 0.3) is 0 Å². The maximum atomic E-state index is 12.1. The Kier molecular flexibility index (Phi) is 3.22. The van der Waals surface area contributed by atoms with E-state index >= 15 is 0 Å². The average molecular weight is 166 g/mol. The van der Waals surface area contributed by atoms with Gasteiger partial charge in [-0.15, -0.1) is 0 Å². The summed E-state index contributed by atoms with van der Waals surface area (Å²) in [4.78, 5) is 0. The molecule has 0 aliphatic carbocycles. The van der Waals surface area contributed by atoms with Crippen LogP contribution in [0.2, 0.25) is 0 Å². The third-order valence-corrected chi connectivity index (χ3v) is 1.36. The fraction of sp³-hybridized carbons (Fsp3) is 0.833. The van der Waals surface area contributed by atoms with Crippen molar-refractivity contribution in [2.24, 2.45) is 16.3 Å². The zero-order valence-electron chi connectivity index (χ0n) is 6.51. The van der Waals surface area contributed by atoms with Gasteiger partial charge in [0.15, 0.2) is 0 Å². The number of nitrogens with zero attached hydrogens (tertiary/aromatic N) is 1. The zero-order chi connectivity index (χ0) is 9.07. The van der Waals surface area contributed by atoms with Crippen molar-refractivity contribution in [2.75, 3.05) is 0 Å². The molecule has 0 aromatic heterocycles. The summed E-state index contributed by atoms with van der Waals surface area (Å²) in [7, 11) is 0. The van der Waals surface area contributed by atoms with Gasteiger partial charge in [-0.05, 0) is 0 Å². The van der Waals surface area contributed by atoms with Crippen LogP contribution >= 0.6 is 0 Å². The Hall–Kier alpha value is -0.870. The van der Waals surface area contributed by atoms with E-state index in [0.29, 0.717) is 0 Å². The first kappa shape index (κ1) is 10.1. The summed E-state index contributed by atoms with van der Waals surface area (Å²) in [6.07, 6.45) is -2.58. The van der Waals surface area contributed by atoms with E-state index in [1.807, 2.05) is 0 Å². The SMILES string of the molecule is CC(C)(C/C(N)=N/O)C(F)F. The van der Waals surface area contributed by atoms with Gasteiger partial charge in [-0.25, -0.2) is 8.78 Å². The van der Waals surface area contributed by atoms with Crippen LogP contribution in [-0.4, -0.2) is 17.5 Å². The van der Waals surface area contributed by atoms with E-state index in [-0.39, 0.29) is 12.3 Å². The molecule has 66 valence electrons. The fourth-order valence-electron chi connectivity index (χ4n) is 0.579. The highest BCUT2D eigenvalue weighted by Gasteiger charge is 2.30. The first-order valence-corrected chi connectivity index (χ1v) is 3.14. The lowest BCUT2D eigenvalue weighted by Gasteiger charge is -2.21. The molecule has 11 heavy (non-hydrogen) atoms.